The molecule has 0 fully saturated rings. The van der Waals surface area contributed by atoms with E-state index in [1.54, 1.807) is 7.11 Å². The number of nitrogens with zero attached hydrogens (tertiary/aromatic N) is 1. The molecule has 1 N–H and O–H groups in total. The first kappa shape index (κ1) is 12.1. The lowest BCUT2D eigenvalue weighted by atomic mass is 9.99. The summed E-state index contributed by atoms with van der Waals surface area (Å²) in [6, 6.07) is 0. The average molecular weight is 306 g/mol. The molecule has 88 valence electrons. The van der Waals surface area contributed by atoms with Crippen molar-refractivity contribution in [1.82, 2.24) is 10.3 Å². The standard InChI is InChI=1S/C11H14BrClN2O/c1-6-5-14-4-3-7-8(6)10(13)9(12)11(15-7)16-2/h6,14H,3-5H2,1-2H3. The quantitative estimate of drug-likeness (QED) is 0.866. The molecule has 0 saturated carbocycles. The van der Waals surface area contributed by atoms with Gasteiger partial charge in [-0.1, -0.05) is 18.5 Å². The third kappa shape index (κ3) is 2.06. The number of hydrogen-bond donors (Lipinski definition) is 1. The molecular weight excluding hydrogens is 291 g/mol. The van der Waals surface area contributed by atoms with Crippen LogP contribution >= 0.6 is 27.5 Å². The van der Waals surface area contributed by atoms with Crippen LogP contribution in [-0.2, 0) is 6.42 Å². The van der Waals surface area contributed by atoms with Crippen LogP contribution in [-0.4, -0.2) is 25.2 Å². The van der Waals surface area contributed by atoms with Crippen LogP contribution in [0.25, 0.3) is 0 Å². The molecular formula is C11H14BrClN2O. The molecule has 1 aromatic heterocycles. The predicted octanol–water partition coefficient (Wildman–Crippen LogP) is 2.76. The summed E-state index contributed by atoms with van der Waals surface area (Å²) in [6.45, 7) is 4.03. The van der Waals surface area contributed by atoms with Crippen molar-refractivity contribution in [3.63, 3.8) is 0 Å². The molecule has 0 saturated heterocycles. The summed E-state index contributed by atoms with van der Waals surface area (Å²) >= 11 is 9.80. The summed E-state index contributed by atoms with van der Waals surface area (Å²) in [4.78, 5) is 4.51. The van der Waals surface area contributed by atoms with Crippen LogP contribution in [0.15, 0.2) is 4.47 Å². The zero-order valence-electron chi connectivity index (χ0n) is 9.31. The maximum atomic E-state index is 6.37. The van der Waals surface area contributed by atoms with Gasteiger partial charge in [0.25, 0.3) is 0 Å². The molecule has 0 amide bonds. The van der Waals surface area contributed by atoms with Crippen molar-refractivity contribution in [2.45, 2.75) is 19.3 Å². The van der Waals surface area contributed by atoms with Gasteiger partial charge < -0.3 is 10.1 Å². The van der Waals surface area contributed by atoms with Gasteiger partial charge in [-0.2, -0.15) is 0 Å². The average Bonchev–Trinajstić information content (AvgIpc) is 2.45. The Hall–Kier alpha value is -0.320. The van der Waals surface area contributed by atoms with Crippen LogP contribution in [0.3, 0.4) is 0 Å². The summed E-state index contributed by atoms with van der Waals surface area (Å²) in [5.41, 5.74) is 2.18. The SMILES string of the molecule is COc1nc2c(c(Cl)c1Br)C(C)CNCC2. The summed E-state index contributed by atoms with van der Waals surface area (Å²) in [5, 5.41) is 4.11. The molecule has 0 bridgehead atoms. The van der Waals surface area contributed by atoms with E-state index in [0.29, 0.717) is 11.8 Å². The molecule has 0 spiro atoms. The zero-order valence-corrected chi connectivity index (χ0v) is 11.7. The number of methoxy groups -OCH3 is 1. The van der Waals surface area contributed by atoms with E-state index in [1.165, 1.54) is 0 Å². The Labute approximate surface area is 109 Å². The molecule has 1 atom stereocenters. The van der Waals surface area contributed by atoms with Crippen molar-refractivity contribution in [1.29, 1.82) is 0 Å². The smallest absolute Gasteiger partial charge is 0.229 e. The number of rotatable bonds is 1. The number of nitrogens with one attached hydrogen (secondary N) is 1. The van der Waals surface area contributed by atoms with E-state index in [0.717, 1.165) is 40.3 Å². The fourth-order valence-electron chi connectivity index (χ4n) is 2.02. The molecule has 0 aliphatic carbocycles. The van der Waals surface area contributed by atoms with E-state index < -0.39 is 0 Å². The van der Waals surface area contributed by atoms with E-state index in [1.807, 2.05) is 0 Å². The molecule has 1 unspecified atom stereocenters. The number of hydrogen-bond acceptors (Lipinski definition) is 3. The Morgan fingerprint density at radius 1 is 1.56 bits per heavy atom. The lowest BCUT2D eigenvalue weighted by molar-refractivity contribution is 0.393. The molecule has 16 heavy (non-hydrogen) atoms. The Morgan fingerprint density at radius 3 is 3.00 bits per heavy atom. The Kier molecular flexibility index (Phi) is 3.72. The van der Waals surface area contributed by atoms with Gasteiger partial charge in [-0.25, -0.2) is 4.98 Å². The third-order valence-electron chi connectivity index (χ3n) is 2.84. The first-order chi connectivity index (χ1) is 7.65. The second kappa shape index (κ2) is 4.90. The van der Waals surface area contributed by atoms with Crippen LogP contribution in [0.1, 0.15) is 24.1 Å². The zero-order chi connectivity index (χ0) is 11.7. The summed E-state index contributed by atoms with van der Waals surface area (Å²) < 4.78 is 5.96. The number of pyridine rings is 1. The minimum absolute atomic E-state index is 0.375. The fourth-order valence-corrected chi connectivity index (χ4v) is 2.86. The molecule has 0 aromatic carbocycles. The van der Waals surface area contributed by atoms with E-state index in [2.05, 4.69) is 33.2 Å². The van der Waals surface area contributed by atoms with Gasteiger partial charge in [0, 0.05) is 19.5 Å². The van der Waals surface area contributed by atoms with Crippen molar-refractivity contribution < 1.29 is 4.74 Å². The first-order valence-electron chi connectivity index (χ1n) is 5.27. The highest BCUT2D eigenvalue weighted by atomic mass is 79.9. The third-order valence-corrected chi connectivity index (χ3v) is 4.20. The molecule has 3 nitrogen and oxygen atoms in total. The second-order valence-electron chi connectivity index (χ2n) is 3.96. The topological polar surface area (TPSA) is 34.1 Å². The van der Waals surface area contributed by atoms with E-state index in [-0.39, 0.29) is 0 Å². The number of fused-ring (bicyclic) bond motifs is 1. The Morgan fingerprint density at radius 2 is 2.31 bits per heavy atom. The van der Waals surface area contributed by atoms with Crippen LogP contribution in [0.2, 0.25) is 5.02 Å². The Balaban J connectivity index is 2.59. The fraction of sp³-hybridized carbons (Fsp3) is 0.545. The van der Waals surface area contributed by atoms with E-state index >= 15 is 0 Å². The molecule has 1 aromatic rings. The monoisotopic (exact) mass is 304 g/mol. The van der Waals surface area contributed by atoms with Gasteiger partial charge >= 0.3 is 0 Å². The lowest BCUT2D eigenvalue weighted by Gasteiger charge is -2.16. The van der Waals surface area contributed by atoms with Gasteiger partial charge in [0.2, 0.25) is 5.88 Å². The van der Waals surface area contributed by atoms with E-state index in [4.69, 9.17) is 16.3 Å². The minimum Gasteiger partial charge on any atom is -0.480 e. The van der Waals surface area contributed by atoms with Crippen molar-refractivity contribution >= 4 is 27.5 Å². The van der Waals surface area contributed by atoms with Crippen molar-refractivity contribution in [2.75, 3.05) is 20.2 Å². The number of halogens is 2. The Bertz CT molecular complexity index is 411. The summed E-state index contributed by atoms with van der Waals surface area (Å²) in [6.07, 6.45) is 0.892. The lowest BCUT2D eigenvalue weighted by Crippen LogP contribution is -2.18. The van der Waals surface area contributed by atoms with Crippen molar-refractivity contribution in [2.24, 2.45) is 0 Å². The molecule has 1 aliphatic heterocycles. The molecule has 2 heterocycles. The highest BCUT2D eigenvalue weighted by Crippen LogP contribution is 2.38. The van der Waals surface area contributed by atoms with Crippen LogP contribution in [0, 0.1) is 0 Å². The summed E-state index contributed by atoms with van der Waals surface area (Å²) in [7, 11) is 1.61. The van der Waals surface area contributed by atoms with Crippen LogP contribution in [0.5, 0.6) is 5.88 Å². The maximum Gasteiger partial charge on any atom is 0.229 e. The van der Waals surface area contributed by atoms with Gasteiger partial charge in [0.15, 0.2) is 0 Å². The minimum atomic E-state index is 0.375. The highest BCUT2D eigenvalue weighted by Gasteiger charge is 2.23. The number of aromatic nitrogens is 1. The van der Waals surface area contributed by atoms with Crippen LogP contribution in [0.4, 0.5) is 0 Å². The summed E-state index contributed by atoms with van der Waals surface area (Å²) in [5.74, 6) is 0.942. The maximum absolute atomic E-state index is 6.37. The molecule has 5 heteroatoms. The molecule has 2 rings (SSSR count). The molecule has 1 aliphatic rings. The predicted molar refractivity (Wildman–Crippen MR) is 68.5 cm³/mol. The van der Waals surface area contributed by atoms with E-state index in [9.17, 15) is 0 Å². The van der Waals surface area contributed by atoms with Crippen molar-refractivity contribution in [3.05, 3.63) is 20.8 Å². The first-order valence-corrected chi connectivity index (χ1v) is 6.44. The van der Waals surface area contributed by atoms with Crippen molar-refractivity contribution in [3.8, 4) is 5.88 Å². The second-order valence-corrected chi connectivity index (χ2v) is 5.14. The van der Waals surface area contributed by atoms with Gasteiger partial charge in [0.05, 0.1) is 22.3 Å². The van der Waals surface area contributed by atoms with Gasteiger partial charge in [-0.3, -0.25) is 0 Å². The van der Waals surface area contributed by atoms with Gasteiger partial charge in [-0.05, 0) is 27.4 Å². The highest BCUT2D eigenvalue weighted by molar-refractivity contribution is 9.10. The largest absolute Gasteiger partial charge is 0.480 e. The van der Waals surface area contributed by atoms with Crippen LogP contribution < -0.4 is 10.1 Å². The molecule has 0 radical (unpaired) electrons. The normalized spacial score (nSPS) is 20.1. The van der Waals surface area contributed by atoms with Gasteiger partial charge in [0.1, 0.15) is 0 Å². The van der Waals surface area contributed by atoms with Gasteiger partial charge in [-0.15, -0.1) is 0 Å². The number of ether oxygens (including phenoxy) is 1.